The monoisotopic (exact) mass is 345 g/mol. The number of rotatable bonds is 6. The number of amides is 2. The molecule has 0 spiro atoms. The Kier molecular flexibility index (Phi) is 8.45. The van der Waals surface area contributed by atoms with E-state index in [4.69, 9.17) is 5.73 Å². The van der Waals surface area contributed by atoms with Crippen molar-refractivity contribution >= 4 is 35.6 Å². The van der Waals surface area contributed by atoms with Crippen LogP contribution in [0.5, 0.6) is 0 Å². The molecule has 2 rings (SSSR count). The Hall–Kier alpha value is -1.11. The molecule has 1 aromatic heterocycles. The normalized spacial score (nSPS) is 17.7. The molecule has 1 aliphatic heterocycles. The topological polar surface area (TPSA) is 75.4 Å². The van der Waals surface area contributed by atoms with Gasteiger partial charge in [0.2, 0.25) is 11.8 Å². The van der Waals surface area contributed by atoms with Gasteiger partial charge in [0, 0.05) is 32.1 Å². The van der Waals surface area contributed by atoms with Crippen molar-refractivity contribution < 1.29 is 9.59 Å². The maximum Gasteiger partial charge on any atom is 0.227 e. The predicted octanol–water partition coefficient (Wildman–Crippen LogP) is 1.56. The second-order valence-electron chi connectivity index (χ2n) is 5.39. The van der Waals surface area contributed by atoms with Crippen LogP contribution in [0.25, 0.3) is 0 Å². The molecule has 7 heteroatoms. The third-order valence-electron chi connectivity index (χ3n) is 3.79. The van der Waals surface area contributed by atoms with Gasteiger partial charge in [0.05, 0.1) is 6.42 Å². The zero-order valence-electron chi connectivity index (χ0n) is 12.6. The molecule has 0 aromatic carbocycles. The first-order chi connectivity index (χ1) is 10.2. The van der Waals surface area contributed by atoms with Crippen molar-refractivity contribution in [2.75, 3.05) is 19.6 Å². The highest BCUT2D eigenvalue weighted by molar-refractivity contribution is 7.07. The molecule has 5 nitrogen and oxygen atoms in total. The molecule has 0 radical (unpaired) electrons. The lowest BCUT2D eigenvalue weighted by Gasteiger charge is -2.36. The van der Waals surface area contributed by atoms with Crippen LogP contribution < -0.4 is 11.1 Å². The van der Waals surface area contributed by atoms with Crippen LogP contribution in [0.4, 0.5) is 0 Å². The first-order valence-electron chi connectivity index (χ1n) is 7.48. The Morgan fingerprint density at radius 2 is 2.23 bits per heavy atom. The molecule has 2 amide bonds. The van der Waals surface area contributed by atoms with Gasteiger partial charge in [-0.3, -0.25) is 9.59 Å². The van der Waals surface area contributed by atoms with Crippen LogP contribution in [0.15, 0.2) is 16.8 Å². The highest BCUT2D eigenvalue weighted by atomic mass is 35.5. The zero-order chi connectivity index (χ0) is 15.1. The summed E-state index contributed by atoms with van der Waals surface area (Å²) < 4.78 is 0. The molecule has 0 aliphatic carbocycles. The summed E-state index contributed by atoms with van der Waals surface area (Å²) in [5, 5.41) is 6.89. The second kappa shape index (κ2) is 9.82. The van der Waals surface area contributed by atoms with Crippen LogP contribution in [-0.4, -0.2) is 42.4 Å². The summed E-state index contributed by atoms with van der Waals surface area (Å²) in [6, 6.07) is 2.11. The number of nitrogens with one attached hydrogen (secondary N) is 1. The minimum Gasteiger partial charge on any atom is -0.354 e. The van der Waals surface area contributed by atoms with Crippen LogP contribution in [0.2, 0.25) is 0 Å². The number of hydrogen-bond donors (Lipinski definition) is 2. The number of halogens is 1. The average molecular weight is 346 g/mol. The molecule has 22 heavy (non-hydrogen) atoms. The number of nitrogens with zero attached hydrogens (tertiary/aromatic N) is 1. The van der Waals surface area contributed by atoms with E-state index in [2.05, 4.69) is 5.32 Å². The number of carbonyl (C=O) groups excluding carboxylic acids is 2. The van der Waals surface area contributed by atoms with Gasteiger partial charge in [-0.2, -0.15) is 11.3 Å². The highest BCUT2D eigenvalue weighted by Gasteiger charge is 2.26. The fourth-order valence-electron chi connectivity index (χ4n) is 2.66. The van der Waals surface area contributed by atoms with E-state index in [1.165, 1.54) is 0 Å². The SMILES string of the molecule is Cl.NCCC(=O)NCC1CCCCN1C(=O)Cc1ccsc1. The Morgan fingerprint density at radius 3 is 2.91 bits per heavy atom. The van der Waals surface area contributed by atoms with Gasteiger partial charge in [0.1, 0.15) is 0 Å². The minimum atomic E-state index is -0.0340. The summed E-state index contributed by atoms with van der Waals surface area (Å²) in [5.41, 5.74) is 6.44. The van der Waals surface area contributed by atoms with Crippen LogP contribution in [0.3, 0.4) is 0 Å². The maximum absolute atomic E-state index is 12.4. The Bertz CT molecular complexity index is 467. The molecule has 1 aromatic rings. The van der Waals surface area contributed by atoms with Gasteiger partial charge in [0.25, 0.3) is 0 Å². The van der Waals surface area contributed by atoms with Crippen molar-refractivity contribution in [2.45, 2.75) is 38.1 Å². The van der Waals surface area contributed by atoms with Crippen LogP contribution >= 0.6 is 23.7 Å². The van der Waals surface area contributed by atoms with Crippen molar-refractivity contribution in [3.8, 4) is 0 Å². The zero-order valence-corrected chi connectivity index (χ0v) is 14.3. The number of thiophene rings is 1. The fraction of sp³-hybridized carbons (Fsp3) is 0.600. The molecule has 124 valence electrons. The molecule has 1 fully saturated rings. The van der Waals surface area contributed by atoms with E-state index in [1.807, 2.05) is 21.7 Å². The lowest BCUT2D eigenvalue weighted by atomic mass is 10.0. The second-order valence-corrected chi connectivity index (χ2v) is 6.17. The average Bonchev–Trinajstić information content (AvgIpc) is 2.98. The molecule has 1 atom stereocenters. The molecule has 0 bridgehead atoms. The molecule has 2 heterocycles. The van der Waals surface area contributed by atoms with Gasteiger partial charge >= 0.3 is 0 Å². The fourth-order valence-corrected chi connectivity index (χ4v) is 3.33. The Balaban J connectivity index is 0.00000242. The van der Waals surface area contributed by atoms with Gasteiger partial charge in [-0.05, 0) is 41.7 Å². The van der Waals surface area contributed by atoms with E-state index < -0.39 is 0 Å². The molecule has 1 saturated heterocycles. The summed E-state index contributed by atoms with van der Waals surface area (Å²) in [4.78, 5) is 25.9. The number of likely N-dealkylation sites (tertiary alicyclic amines) is 1. The minimum absolute atomic E-state index is 0. The smallest absolute Gasteiger partial charge is 0.227 e. The number of piperidine rings is 1. The molecular formula is C15H24ClN3O2S. The van der Waals surface area contributed by atoms with Gasteiger partial charge in [-0.25, -0.2) is 0 Å². The van der Waals surface area contributed by atoms with Gasteiger partial charge in [-0.15, -0.1) is 12.4 Å². The third-order valence-corrected chi connectivity index (χ3v) is 4.52. The summed E-state index contributed by atoms with van der Waals surface area (Å²) in [7, 11) is 0. The molecule has 0 saturated carbocycles. The predicted molar refractivity (Wildman–Crippen MR) is 91.3 cm³/mol. The lowest BCUT2D eigenvalue weighted by Crippen LogP contribution is -2.50. The molecule has 1 unspecified atom stereocenters. The summed E-state index contributed by atoms with van der Waals surface area (Å²) in [6.07, 6.45) is 3.91. The summed E-state index contributed by atoms with van der Waals surface area (Å²) >= 11 is 1.61. The lowest BCUT2D eigenvalue weighted by molar-refractivity contribution is -0.134. The van der Waals surface area contributed by atoms with Crippen molar-refractivity contribution in [3.05, 3.63) is 22.4 Å². The van der Waals surface area contributed by atoms with Gasteiger partial charge < -0.3 is 16.0 Å². The third kappa shape index (κ3) is 5.59. The first-order valence-corrected chi connectivity index (χ1v) is 8.42. The van der Waals surface area contributed by atoms with E-state index in [-0.39, 0.29) is 30.3 Å². The van der Waals surface area contributed by atoms with Crippen molar-refractivity contribution in [1.82, 2.24) is 10.2 Å². The number of nitrogens with two attached hydrogens (primary N) is 1. The van der Waals surface area contributed by atoms with E-state index in [0.717, 1.165) is 31.4 Å². The van der Waals surface area contributed by atoms with Crippen molar-refractivity contribution in [2.24, 2.45) is 5.73 Å². The van der Waals surface area contributed by atoms with Crippen LogP contribution in [0, 0.1) is 0 Å². The molecule has 3 N–H and O–H groups in total. The largest absolute Gasteiger partial charge is 0.354 e. The highest BCUT2D eigenvalue weighted by Crippen LogP contribution is 2.18. The van der Waals surface area contributed by atoms with E-state index in [0.29, 0.717) is 25.9 Å². The van der Waals surface area contributed by atoms with Crippen molar-refractivity contribution in [1.29, 1.82) is 0 Å². The standard InChI is InChI=1S/C15H23N3O2S.ClH/c16-6-4-14(19)17-10-13-3-1-2-7-18(13)15(20)9-12-5-8-21-11-12;/h5,8,11,13H,1-4,6-7,9-10,16H2,(H,17,19);1H. The van der Waals surface area contributed by atoms with E-state index in [9.17, 15) is 9.59 Å². The van der Waals surface area contributed by atoms with Gasteiger partial charge in [-0.1, -0.05) is 0 Å². The van der Waals surface area contributed by atoms with Gasteiger partial charge in [0.15, 0.2) is 0 Å². The van der Waals surface area contributed by atoms with E-state index in [1.54, 1.807) is 11.3 Å². The quantitative estimate of drug-likeness (QED) is 0.821. The Labute approximate surface area is 141 Å². The number of hydrogen-bond acceptors (Lipinski definition) is 4. The van der Waals surface area contributed by atoms with Crippen molar-refractivity contribution in [3.63, 3.8) is 0 Å². The van der Waals surface area contributed by atoms with Crippen LogP contribution in [0.1, 0.15) is 31.2 Å². The number of carbonyl (C=O) groups is 2. The first kappa shape index (κ1) is 18.9. The van der Waals surface area contributed by atoms with E-state index >= 15 is 0 Å². The summed E-state index contributed by atoms with van der Waals surface area (Å²) in [5.74, 6) is 0.125. The maximum atomic E-state index is 12.4. The molecule has 1 aliphatic rings. The summed E-state index contributed by atoms with van der Waals surface area (Å²) in [6.45, 7) is 1.69. The Morgan fingerprint density at radius 1 is 1.41 bits per heavy atom. The van der Waals surface area contributed by atoms with Crippen LogP contribution in [-0.2, 0) is 16.0 Å². The molecular weight excluding hydrogens is 322 g/mol.